The highest BCUT2D eigenvalue weighted by Crippen LogP contribution is 1.99. The number of carbonyl (C=O) groups is 1. The molecule has 18 heavy (non-hydrogen) atoms. The van der Waals surface area contributed by atoms with Gasteiger partial charge in [0.05, 0.1) is 0 Å². The Balaban J connectivity index is 2.09. The van der Waals surface area contributed by atoms with Crippen molar-refractivity contribution >= 4 is 5.91 Å². The summed E-state index contributed by atoms with van der Waals surface area (Å²) in [5, 5.41) is 10.3. The lowest BCUT2D eigenvalue weighted by Gasteiger charge is -2.20. The second kappa shape index (κ2) is 6.54. The molecule has 1 aromatic rings. The first-order valence-electron chi connectivity index (χ1n) is 6.37. The van der Waals surface area contributed by atoms with Crippen LogP contribution in [0.2, 0.25) is 0 Å². The molecule has 0 fully saturated rings. The number of rotatable bonds is 6. The molecule has 2 N–H and O–H groups in total. The molecule has 102 valence electrons. The van der Waals surface area contributed by atoms with E-state index < -0.39 is 0 Å². The van der Waals surface area contributed by atoms with Crippen LogP contribution < -0.4 is 10.6 Å². The molecule has 0 aromatic carbocycles. The van der Waals surface area contributed by atoms with Gasteiger partial charge in [0.2, 0.25) is 5.91 Å². The van der Waals surface area contributed by atoms with Gasteiger partial charge in [-0.05, 0) is 26.8 Å². The van der Waals surface area contributed by atoms with Gasteiger partial charge in [0, 0.05) is 50.4 Å². The zero-order chi connectivity index (χ0) is 13.6. The Hall–Kier alpha value is -1.36. The van der Waals surface area contributed by atoms with Crippen molar-refractivity contribution in [2.75, 3.05) is 13.1 Å². The molecule has 0 atom stereocenters. The van der Waals surface area contributed by atoms with E-state index >= 15 is 0 Å². The van der Waals surface area contributed by atoms with Gasteiger partial charge in [-0.1, -0.05) is 0 Å². The van der Waals surface area contributed by atoms with E-state index in [1.165, 1.54) is 5.69 Å². The predicted molar refractivity (Wildman–Crippen MR) is 72.3 cm³/mol. The van der Waals surface area contributed by atoms with E-state index in [4.69, 9.17) is 0 Å². The average molecular weight is 252 g/mol. The number of aromatic nitrogens is 2. The standard InChI is InChI=1S/C13H24N4O/c1-13(2,3)16-12(18)7-9-14-8-5-11-6-10-15-17(11)4/h6,10,14H,5,7-9H2,1-4H3,(H,16,18). The van der Waals surface area contributed by atoms with Gasteiger partial charge in [-0.15, -0.1) is 0 Å². The highest BCUT2D eigenvalue weighted by molar-refractivity contribution is 5.76. The van der Waals surface area contributed by atoms with E-state index in [1.54, 1.807) is 6.20 Å². The zero-order valence-electron chi connectivity index (χ0n) is 11.8. The molecule has 1 rings (SSSR count). The number of nitrogens with one attached hydrogen (secondary N) is 2. The summed E-state index contributed by atoms with van der Waals surface area (Å²) in [4.78, 5) is 11.5. The first kappa shape index (κ1) is 14.7. The third kappa shape index (κ3) is 5.82. The Morgan fingerprint density at radius 1 is 1.39 bits per heavy atom. The van der Waals surface area contributed by atoms with Crippen LogP contribution in [0.25, 0.3) is 0 Å². The minimum Gasteiger partial charge on any atom is -0.351 e. The number of nitrogens with zero attached hydrogens (tertiary/aromatic N) is 2. The van der Waals surface area contributed by atoms with Gasteiger partial charge in [-0.25, -0.2) is 0 Å². The van der Waals surface area contributed by atoms with Gasteiger partial charge in [-0.3, -0.25) is 9.48 Å². The van der Waals surface area contributed by atoms with Crippen LogP contribution in [0, 0.1) is 0 Å². The number of carbonyl (C=O) groups excluding carboxylic acids is 1. The van der Waals surface area contributed by atoms with Gasteiger partial charge in [0.15, 0.2) is 0 Å². The minimum absolute atomic E-state index is 0.0931. The molecule has 1 amide bonds. The fourth-order valence-electron chi connectivity index (χ4n) is 1.67. The summed E-state index contributed by atoms with van der Waals surface area (Å²) >= 11 is 0. The predicted octanol–water partition coefficient (Wildman–Crippen LogP) is 0.857. The topological polar surface area (TPSA) is 59.0 Å². The lowest BCUT2D eigenvalue weighted by molar-refractivity contribution is -0.122. The summed E-state index contributed by atoms with van der Waals surface area (Å²) in [5.41, 5.74) is 1.05. The Kier molecular flexibility index (Phi) is 5.34. The Morgan fingerprint density at radius 2 is 2.11 bits per heavy atom. The van der Waals surface area contributed by atoms with Crippen LogP contribution in [-0.4, -0.2) is 34.3 Å². The molecule has 0 aliphatic carbocycles. The Morgan fingerprint density at radius 3 is 2.67 bits per heavy atom. The molecule has 0 radical (unpaired) electrons. The van der Waals surface area contributed by atoms with E-state index in [2.05, 4.69) is 15.7 Å². The molecule has 0 spiro atoms. The van der Waals surface area contributed by atoms with Crippen LogP contribution in [0.1, 0.15) is 32.9 Å². The molecule has 1 aromatic heterocycles. The number of aryl methyl sites for hydroxylation is 1. The third-order valence-electron chi connectivity index (χ3n) is 2.52. The molecular weight excluding hydrogens is 228 g/mol. The molecule has 0 unspecified atom stereocenters. The van der Waals surface area contributed by atoms with Crippen molar-refractivity contribution in [2.45, 2.75) is 39.2 Å². The van der Waals surface area contributed by atoms with Crippen molar-refractivity contribution in [1.29, 1.82) is 0 Å². The van der Waals surface area contributed by atoms with Gasteiger partial charge in [0.1, 0.15) is 0 Å². The van der Waals surface area contributed by atoms with Crippen molar-refractivity contribution in [3.63, 3.8) is 0 Å². The smallest absolute Gasteiger partial charge is 0.221 e. The maximum absolute atomic E-state index is 11.5. The number of hydrogen-bond donors (Lipinski definition) is 2. The summed E-state index contributed by atoms with van der Waals surface area (Å²) in [6.45, 7) is 7.53. The maximum atomic E-state index is 11.5. The Labute approximate surface area is 109 Å². The summed E-state index contributed by atoms with van der Waals surface area (Å²) in [7, 11) is 1.94. The van der Waals surface area contributed by atoms with E-state index in [9.17, 15) is 4.79 Å². The highest BCUT2D eigenvalue weighted by atomic mass is 16.1. The van der Waals surface area contributed by atoms with Crippen molar-refractivity contribution in [3.05, 3.63) is 18.0 Å². The largest absolute Gasteiger partial charge is 0.351 e. The van der Waals surface area contributed by atoms with E-state index in [0.29, 0.717) is 13.0 Å². The second-order valence-electron chi connectivity index (χ2n) is 5.49. The van der Waals surface area contributed by atoms with Crippen LogP contribution >= 0.6 is 0 Å². The summed E-state index contributed by atoms with van der Waals surface area (Å²) in [5.74, 6) is 0.0931. The fourth-order valence-corrected chi connectivity index (χ4v) is 1.67. The van der Waals surface area contributed by atoms with Crippen LogP contribution in [-0.2, 0) is 18.3 Å². The van der Waals surface area contributed by atoms with Gasteiger partial charge < -0.3 is 10.6 Å². The molecule has 0 saturated heterocycles. The van der Waals surface area contributed by atoms with Crippen LogP contribution in [0.3, 0.4) is 0 Å². The third-order valence-corrected chi connectivity index (χ3v) is 2.52. The van der Waals surface area contributed by atoms with Crippen molar-refractivity contribution < 1.29 is 4.79 Å². The molecule has 0 aliphatic rings. The molecule has 0 bridgehead atoms. The van der Waals surface area contributed by atoms with Gasteiger partial charge in [-0.2, -0.15) is 5.10 Å². The maximum Gasteiger partial charge on any atom is 0.221 e. The summed E-state index contributed by atoms with van der Waals surface area (Å²) in [6.07, 6.45) is 3.24. The molecule has 0 saturated carbocycles. The normalized spacial score (nSPS) is 11.6. The van der Waals surface area contributed by atoms with Crippen molar-refractivity contribution in [1.82, 2.24) is 20.4 Å². The van der Waals surface area contributed by atoms with Crippen LogP contribution in [0.5, 0.6) is 0 Å². The first-order chi connectivity index (χ1) is 8.38. The highest BCUT2D eigenvalue weighted by Gasteiger charge is 2.12. The molecule has 5 heteroatoms. The lowest BCUT2D eigenvalue weighted by atomic mass is 10.1. The lowest BCUT2D eigenvalue weighted by Crippen LogP contribution is -2.41. The van der Waals surface area contributed by atoms with Gasteiger partial charge in [0.25, 0.3) is 0 Å². The van der Waals surface area contributed by atoms with Crippen molar-refractivity contribution in [3.8, 4) is 0 Å². The summed E-state index contributed by atoms with van der Waals surface area (Å²) < 4.78 is 1.87. The Bertz CT molecular complexity index is 379. The van der Waals surface area contributed by atoms with E-state index in [1.807, 2.05) is 38.6 Å². The molecule has 0 aliphatic heterocycles. The number of amides is 1. The van der Waals surface area contributed by atoms with Gasteiger partial charge >= 0.3 is 0 Å². The molecule has 5 nitrogen and oxygen atoms in total. The van der Waals surface area contributed by atoms with E-state index in [0.717, 1.165) is 13.0 Å². The minimum atomic E-state index is -0.147. The van der Waals surface area contributed by atoms with E-state index in [-0.39, 0.29) is 11.4 Å². The SMILES string of the molecule is Cn1nccc1CCNCCC(=O)NC(C)(C)C. The molecular formula is C13H24N4O. The zero-order valence-corrected chi connectivity index (χ0v) is 11.8. The summed E-state index contributed by atoms with van der Waals surface area (Å²) in [6, 6.07) is 2.01. The first-order valence-corrected chi connectivity index (χ1v) is 6.37. The molecule has 1 heterocycles. The quantitative estimate of drug-likeness (QED) is 0.738. The van der Waals surface area contributed by atoms with Crippen LogP contribution in [0.4, 0.5) is 0 Å². The van der Waals surface area contributed by atoms with Crippen molar-refractivity contribution in [2.24, 2.45) is 7.05 Å². The monoisotopic (exact) mass is 252 g/mol. The fraction of sp³-hybridized carbons (Fsp3) is 0.692. The average Bonchev–Trinajstić information content (AvgIpc) is 2.61. The second-order valence-corrected chi connectivity index (χ2v) is 5.49. The number of hydrogen-bond acceptors (Lipinski definition) is 3. The van der Waals surface area contributed by atoms with Crippen LogP contribution in [0.15, 0.2) is 12.3 Å².